The van der Waals surface area contributed by atoms with Gasteiger partial charge in [0.25, 0.3) is 0 Å². The number of hydrogen-bond donors (Lipinski definition) is 2. The molecule has 0 amide bonds. The van der Waals surface area contributed by atoms with Crippen molar-refractivity contribution in [3.05, 3.63) is 0 Å². The number of alkyl halides is 3. The molecule has 0 aromatic carbocycles. The Bertz CT molecular complexity index is 176. The Hall–Kier alpha value is -0.780. The zero-order valence-corrected chi connectivity index (χ0v) is 6.48. The van der Waals surface area contributed by atoms with Crippen molar-refractivity contribution in [3.8, 4) is 0 Å². The van der Waals surface area contributed by atoms with E-state index in [-0.39, 0.29) is 0 Å². The molecule has 1 unspecified atom stereocenters. The predicted molar refractivity (Wildman–Crippen MR) is 35.5 cm³/mol. The normalized spacial score (nSPS) is 17.1. The van der Waals surface area contributed by atoms with E-state index in [2.05, 4.69) is 0 Å². The fourth-order valence-corrected chi connectivity index (χ4v) is 0.508. The van der Waals surface area contributed by atoms with Crippen LogP contribution in [-0.4, -0.2) is 22.8 Å². The number of rotatable bonds is 3. The molecular formula is C6H10F3NO2. The number of aliphatic carboxylic acids is 1. The molecule has 0 aliphatic heterocycles. The summed E-state index contributed by atoms with van der Waals surface area (Å²) in [5.74, 6) is -1.28. The molecule has 3 nitrogen and oxygen atoms in total. The lowest BCUT2D eigenvalue weighted by atomic mass is 9.97. The van der Waals surface area contributed by atoms with Crippen LogP contribution in [0.15, 0.2) is 0 Å². The Kier molecular flexibility index (Phi) is 3.09. The molecule has 0 bridgehead atoms. The van der Waals surface area contributed by atoms with Crippen molar-refractivity contribution in [2.45, 2.75) is 31.5 Å². The first-order chi connectivity index (χ1) is 5.17. The molecule has 0 rings (SSSR count). The predicted octanol–water partition coefficient (Wildman–Crippen LogP) is 1.13. The number of carboxylic acid groups (broad SMARTS) is 1. The Labute approximate surface area is 67.4 Å². The van der Waals surface area contributed by atoms with E-state index in [1.165, 1.54) is 0 Å². The first-order valence-corrected chi connectivity index (χ1v) is 3.24. The van der Waals surface area contributed by atoms with Gasteiger partial charge in [-0.15, -0.1) is 0 Å². The Morgan fingerprint density at radius 2 is 1.92 bits per heavy atom. The summed E-state index contributed by atoms with van der Waals surface area (Å²) in [6.07, 6.45) is -5.74. The van der Waals surface area contributed by atoms with Gasteiger partial charge in [0.2, 0.25) is 0 Å². The van der Waals surface area contributed by atoms with Crippen LogP contribution < -0.4 is 5.73 Å². The SMILES string of the molecule is CC(N)(CCC(=O)O)C(F)(F)F. The second-order valence-corrected chi connectivity index (χ2v) is 2.81. The summed E-state index contributed by atoms with van der Waals surface area (Å²) >= 11 is 0. The van der Waals surface area contributed by atoms with E-state index in [4.69, 9.17) is 10.8 Å². The molecule has 0 aliphatic carbocycles. The molecule has 3 N–H and O–H groups in total. The molecule has 0 fully saturated rings. The molecule has 0 spiro atoms. The van der Waals surface area contributed by atoms with Crippen molar-refractivity contribution in [2.24, 2.45) is 5.73 Å². The van der Waals surface area contributed by atoms with Crippen LogP contribution in [0.25, 0.3) is 0 Å². The minimum absolute atomic E-state index is 0.577. The van der Waals surface area contributed by atoms with Gasteiger partial charge in [-0.05, 0) is 13.3 Å². The second kappa shape index (κ2) is 3.30. The first-order valence-electron chi connectivity index (χ1n) is 3.24. The molecule has 6 heteroatoms. The summed E-state index contributed by atoms with van der Waals surface area (Å²) in [5.41, 5.74) is 2.44. The van der Waals surface area contributed by atoms with Crippen LogP contribution in [0.3, 0.4) is 0 Å². The summed E-state index contributed by atoms with van der Waals surface area (Å²) in [6, 6.07) is 0. The van der Waals surface area contributed by atoms with Gasteiger partial charge in [0.05, 0.1) is 0 Å². The molecule has 12 heavy (non-hydrogen) atoms. The number of hydrogen-bond acceptors (Lipinski definition) is 2. The maximum atomic E-state index is 12.0. The van der Waals surface area contributed by atoms with Gasteiger partial charge in [-0.3, -0.25) is 4.79 Å². The Morgan fingerprint density at radius 1 is 1.50 bits per heavy atom. The minimum Gasteiger partial charge on any atom is -0.481 e. The topological polar surface area (TPSA) is 63.3 Å². The van der Waals surface area contributed by atoms with E-state index >= 15 is 0 Å². The zero-order valence-electron chi connectivity index (χ0n) is 6.48. The molecule has 0 aliphatic rings. The van der Waals surface area contributed by atoms with Gasteiger partial charge >= 0.3 is 12.1 Å². The molecule has 0 aromatic heterocycles. The fraction of sp³-hybridized carbons (Fsp3) is 0.833. The van der Waals surface area contributed by atoms with E-state index < -0.39 is 30.5 Å². The van der Waals surface area contributed by atoms with Gasteiger partial charge in [-0.25, -0.2) is 0 Å². The van der Waals surface area contributed by atoms with Gasteiger partial charge in [0, 0.05) is 6.42 Å². The molecule has 0 saturated heterocycles. The zero-order chi connectivity index (χ0) is 9.99. The average molecular weight is 185 g/mol. The van der Waals surface area contributed by atoms with Gasteiger partial charge in [0.15, 0.2) is 0 Å². The van der Waals surface area contributed by atoms with Gasteiger partial charge < -0.3 is 10.8 Å². The number of halogens is 3. The standard InChI is InChI=1S/C6H10F3NO2/c1-5(10,6(7,8)9)3-2-4(11)12/h2-3,10H2,1H3,(H,11,12). The summed E-state index contributed by atoms with van der Waals surface area (Å²) in [6.45, 7) is 0.774. The van der Waals surface area contributed by atoms with Crippen molar-refractivity contribution in [1.82, 2.24) is 0 Å². The molecule has 1 atom stereocenters. The van der Waals surface area contributed by atoms with Crippen LogP contribution in [0.5, 0.6) is 0 Å². The smallest absolute Gasteiger partial charge is 0.406 e. The van der Waals surface area contributed by atoms with E-state index in [0.29, 0.717) is 0 Å². The summed E-state index contributed by atoms with van der Waals surface area (Å²) in [5, 5.41) is 8.12. The van der Waals surface area contributed by atoms with Crippen LogP contribution >= 0.6 is 0 Å². The van der Waals surface area contributed by atoms with Crippen LogP contribution in [-0.2, 0) is 4.79 Å². The highest BCUT2D eigenvalue weighted by atomic mass is 19.4. The monoisotopic (exact) mass is 185 g/mol. The summed E-state index contributed by atoms with van der Waals surface area (Å²) in [4.78, 5) is 9.95. The van der Waals surface area contributed by atoms with Gasteiger partial charge in [0.1, 0.15) is 5.54 Å². The molecule has 0 radical (unpaired) electrons. The largest absolute Gasteiger partial charge is 0.481 e. The van der Waals surface area contributed by atoms with Crippen LogP contribution in [0, 0.1) is 0 Å². The van der Waals surface area contributed by atoms with Crippen molar-refractivity contribution < 1.29 is 23.1 Å². The van der Waals surface area contributed by atoms with E-state index in [9.17, 15) is 18.0 Å². The second-order valence-electron chi connectivity index (χ2n) is 2.81. The summed E-state index contributed by atoms with van der Waals surface area (Å²) in [7, 11) is 0. The highest BCUT2D eigenvalue weighted by molar-refractivity contribution is 5.66. The lowest BCUT2D eigenvalue weighted by Gasteiger charge is -2.26. The maximum Gasteiger partial charge on any atom is 0.406 e. The first kappa shape index (κ1) is 11.2. The van der Waals surface area contributed by atoms with Crippen molar-refractivity contribution in [1.29, 1.82) is 0 Å². The van der Waals surface area contributed by atoms with E-state index in [1.807, 2.05) is 0 Å². The van der Waals surface area contributed by atoms with Gasteiger partial charge in [-0.1, -0.05) is 0 Å². The Balaban J connectivity index is 4.14. The number of nitrogens with two attached hydrogens (primary N) is 1. The molecule has 0 heterocycles. The van der Waals surface area contributed by atoms with Crippen molar-refractivity contribution in [3.63, 3.8) is 0 Å². The molecule has 0 aromatic rings. The van der Waals surface area contributed by atoms with Crippen molar-refractivity contribution >= 4 is 5.97 Å². The number of carbonyl (C=O) groups is 1. The fourth-order valence-electron chi connectivity index (χ4n) is 0.508. The van der Waals surface area contributed by atoms with Crippen LogP contribution in [0.2, 0.25) is 0 Å². The molecule has 0 saturated carbocycles. The maximum absolute atomic E-state index is 12.0. The summed E-state index contributed by atoms with van der Waals surface area (Å²) < 4.78 is 35.9. The molecule has 72 valence electrons. The van der Waals surface area contributed by atoms with Crippen LogP contribution in [0.1, 0.15) is 19.8 Å². The number of carboxylic acids is 1. The lowest BCUT2D eigenvalue weighted by molar-refractivity contribution is -0.183. The van der Waals surface area contributed by atoms with E-state index in [1.54, 1.807) is 0 Å². The quantitative estimate of drug-likeness (QED) is 0.692. The lowest BCUT2D eigenvalue weighted by Crippen LogP contribution is -2.50. The highest BCUT2D eigenvalue weighted by Crippen LogP contribution is 2.31. The highest BCUT2D eigenvalue weighted by Gasteiger charge is 2.47. The average Bonchev–Trinajstić information content (AvgIpc) is 1.81. The van der Waals surface area contributed by atoms with Gasteiger partial charge in [-0.2, -0.15) is 13.2 Å². The van der Waals surface area contributed by atoms with Crippen LogP contribution in [0.4, 0.5) is 13.2 Å². The third kappa shape index (κ3) is 3.08. The Morgan fingerprint density at radius 3 is 2.17 bits per heavy atom. The minimum atomic E-state index is -4.55. The molecular weight excluding hydrogens is 175 g/mol. The van der Waals surface area contributed by atoms with Crippen molar-refractivity contribution in [2.75, 3.05) is 0 Å². The third-order valence-electron chi connectivity index (χ3n) is 1.51. The third-order valence-corrected chi connectivity index (χ3v) is 1.51. The van der Waals surface area contributed by atoms with E-state index in [0.717, 1.165) is 6.92 Å².